The molecule has 0 rings (SSSR count). The van der Waals surface area contributed by atoms with E-state index in [4.69, 9.17) is 17.5 Å². The van der Waals surface area contributed by atoms with E-state index in [0.717, 1.165) is 0 Å². The summed E-state index contributed by atoms with van der Waals surface area (Å²) < 4.78 is 93.0. The maximum Gasteiger partial charge on any atom is 1.00 e. The van der Waals surface area contributed by atoms with Gasteiger partial charge in [0.15, 0.2) is 0 Å². The van der Waals surface area contributed by atoms with Crippen LogP contribution >= 0.6 is 0 Å². The fourth-order valence-electron chi connectivity index (χ4n) is 0.0680. The number of hydrogen-bond donors (Lipinski definition) is 2. The molecule has 12 nitrogen and oxygen atoms in total. The van der Waals surface area contributed by atoms with Gasteiger partial charge in [-0.15, -0.1) is 8.67 Å². The van der Waals surface area contributed by atoms with Crippen LogP contribution in [0.3, 0.4) is 0 Å². The van der Waals surface area contributed by atoms with Gasteiger partial charge in [-0.2, -0.15) is 8.42 Å². The van der Waals surface area contributed by atoms with Crippen LogP contribution in [-0.2, 0) is 39.9 Å². The topological polar surface area (TPSA) is 207 Å². The van der Waals surface area contributed by atoms with E-state index >= 15 is 0 Å². The van der Waals surface area contributed by atoms with Crippen LogP contribution in [0.4, 0.5) is 0 Å². The minimum absolute atomic E-state index is 0. The summed E-state index contributed by atoms with van der Waals surface area (Å²) in [5, 5.41) is 0. The summed E-state index contributed by atoms with van der Waals surface area (Å²) in [6.07, 6.45) is 0. The number of hydrogen-bond acceptors (Lipinski definition) is 10. The molecule has 0 aliphatic heterocycles. The second-order valence-electron chi connectivity index (χ2n) is 1.40. The van der Waals surface area contributed by atoms with Crippen molar-refractivity contribution in [2.75, 3.05) is 0 Å². The standard InChI is InChI=1S/2K.H2O8S2.H2O4S/c;;1-9(2,3)7-8-10(4,5)6;1-5(2,3)4/h;;(H,1,2,3)(H,4,5,6);(H2,1,2,3,4)/q2*+1;;/p-2. The molecular weight excluding hydrogens is 366 g/mol. The van der Waals surface area contributed by atoms with E-state index in [-0.39, 0.29) is 103 Å². The molecule has 94 valence electrons. The molecule has 0 amide bonds. The van der Waals surface area contributed by atoms with Gasteiger partial charge < -0.3 is 9.11 Å². The van der Waals surface area contributed by atoms with Gasteiger partial charge in [0.2, 0.25) is 20.8 Å². The van der Waals surface area contributed by atoms with Gasteiger partial charge in [-0.05, 0) is 0 Å². The normalized spacial score (nSPS) is 11.3. The van der Waals surface area contributed by atoms with Gasteiger partial charge in [-0.25, -0.2) is 16.8 Å². The Morgan fingerprint density at radius 2 is 0.824 bits per heavy atom. The average molecular weight is 368 g/mol. The third kappa shape index (κ3) is 55.1. The SMILES string of the molecule is O=S(=O)(O)O.O=S(=O)([O-])OOS(=O)(=O)[O-].[K+].[K+]. The summed E-state index contributed by atoms with van der Waals surface area (Å²) in [5.74, 6) is 0. The quantitative estimate of drug-likeness (QED) is 0.156. The van der Waals surface area contributed by atoms with Crippen LogP contribution in [0.15, 0.2) is 0 Å². The largest absolute Gasteiger partial charge is 1.00 e. The Morgan fingerprint density at radius 1 is 0.706 bits per heavy atom. The first kappa shape index (κ1) is 28.1. The summed E-state index contributed by atoms with van der Waals surface area (Å²) in [6, 6.07) is 0. The Hall–Kier alpha value is 2.88. The molecule has 0 aromatic carbocycles. The van der Waals surface area contributed by atoms with E-state index in [1.165, 1.54) is 0 Å². The van der Waals surface area contributed by atoms with Crippen molar-refractivity contribution in [2.45, 2.75) is 0 Å². The molecule has 2 N–H and O–H groups in total. The molecule has 0 radical (unpaired) electrons. The maximum atomic E-state index is 9.37. The molecule has 17 heavy (non-hydrogen) atoms. The zero-order valence-corrected chi connectivity index (χ0v) is 16.9. The smallest absolute Gasteiger partial charge is 0.724 e. The Labute approximate surface area is 182 Å². The molecule has 0 aliphatic carbocycles. The zero-order valence-electron chi connectivity index (χ0n) is 8.20. The monoisotopic (exact) mass is 368 g/mol. The first-order valence-electron chi connectivity index (χ1n) is 2.20. The summed E-state index contributed by atoms with van der Waals surface area (Å²) in [7, 11) is -15.3. The Balaban J connectivity index is -0.000000105. The number of rotatable bonds is 3. The third-order valence-electron chi connectivity index (χ3n) is 0.194. The van der Waals surface area contributed by atoms with Crippen LogP contribution in [-0.4, -0.2) is 43.5 Å². The van der Waals surface area contributed by atoms with Crippen LogP contribution in [0.5, 0.6) is 0 Å². The average Bonchev–Trinajstić information content (AvgIpc) is 1.76. The van der Waals surface area contributed by atoms with Crippen molar-refractivity contribution >= 4 is 31.2 Å². The first-order chi connectivity index (χ1) is 6.21. The van der Waals surface area contributed by atoms with Crippen molar-refractivity contribution in [2.24, 2.45) is 0 Å². The molecule has 0 saturated heterocycles. The van der Waals surface area contributed by atoms with E-state index in [9.17, 15) is 25.9 Å². The second kappa shape index (κ2) is 11.5. The maximum absolute atomic E-state index is 9.37. The molecule has 0 heterocycles. The summed E-state index contributed by atoms with van der Waals surface area (Å²) in [6.45, 7) is 0. The summed E-state index contributed by atoms with van der Waals surface area (Å²) >= 11 is 0. The van der Waals surface area contributed by atoms with E-state index in [1.807, 2.05) is 0 Å². The molecule has 0 bridgehead atoms. The Kier molecular flexibility index (Phi) is 19.1. The third-order valence-corrected chi connectivity index (χ3v) is 0.750. The van der Waals surface area contributed by atoms with Gasteiger partial charge in [0.05, 0.1) is 0 Å². The van der Waals surface area contributed by atoms with Gasteiger partial charge in [0, 0.05) is 0 Å². The minimum Gasteiger partial charge on any atom is -0.724 e. The van der Waals surface area contributed by atoms with Crippen LogP contribution < -0.4 is 103 Å². The van der Waals surface area contributed by atoms with Gasteiger partial charge in [0.25, 0.3) is 0 Å². The molecule has 0 aromatic heterocycles. The van der Waals surface area contributed by atoms with Gasteiger partial charge in [0.1, 0.15) is 0 Å². The summed E-state index contributed by atoms with van der Waals surface area (Å²) in [4.78, 5) is 0. The van der Waals surface area contributed by atoms with Crippen molar-refractivity contribution in [3.8, 4) is 0 Å². The van der Waals surface area contributed by atoms with Crippen molar-refractivity contribution in [1.29, 1.82) is 0 Å². The van der Waals surface area contributed by atoms with Crippen molar-refractivity contribution < 1.29 is 155 Å². The van der Waals surface area contributed by atoms with E-state index in [2.05, 4.69) is 8.67 Å². The molecule has 0 aromatic rings. The van der Waals surface area contributed by atoms with E-state index in [1.54, 1.807) is 0 Å². The molecule has 0 unspecified atom stereocenters. The van der Waals surface area contributed by atoms with Crippen molar-refractivity contribution in [1.82, 2.24) is 0 Å². The Morgan fingerprint density at radius 3 is 0.882 bits per heavy atom. The van der Waals surface area contributed by atoms with Crippen LogP contribution in [0.1, 0.15) is 0 Å². The van der Waals surface area contributed by atoms with Gasteiger partial charge in [-0.3, -0.25) is 9.11 Å². The minimum atomic E-state index is -5.31. The van der Waals surface area contributed by atoms with Crippen LogP contribution in [0, 0.1) is 0 Å². The molecule has 0 saturated carbocycles. The molecule has 0 spiro atoms. The summed E-state index contributed by atoms with van der Waals surface area (Å²) in [5.41, 5.74) is 0. The molecule has 0 atom stereocenters. The van der Waals surface area contributed by atoms with Crippen LogP contribution in [0.2, 0.25) is 0 Å². The van der Waals surface area contributed by atoms with E-state index in [0.29, 0.717) is 0 Å². The predicted molar refractivity (Wildman–Crippen MR) is 35.7 cm³/mol. The van der Waals surface area contributed by atoms with Crippen molar-refractivity contribution in [3.63, 3.8) is 0 Å². The fraction of sp³-hybridized carbons (Fsp3) is 0. The van der Waals surface area contributed by atoms with E-state index < -0.39 is 31.2 Å². The molecular formula is H2K2O12S3. The zero-order chi connectivity index (χ0) is 12.9. The molecule has 17 heteroatoms. The predicted octanol–water partition coefficient (Wildman–Crippen LogP) is -8.79. The molecule has 0 fully saturated rings. The van der Waals surface area contributed by atoms with Crippen LogP contribution in [0.25, 0.3) is 0 Å². The first-order valence-corrected chi connectivity index (χ1v) is 6.26. The van der Waals surface area contributed by atoms with Gasteiger partial charge >= 0.3 is 113 Å². The van der Waals surface area contributed by atoms with Crippen molar-refractivity contribution in [3.05, 3.63) is 0 Å². The van der Waals surface area contributed by atoms with Gasteiger partial charge in [-0.1, -0.05) is 0 Å². The fourth-order valence-corrected chi connectivity index (χ4v) is 0.612. The Bertz CT molecular complexity index is 424. The second-order valence-corrected chi connectivity index (χ2v) is 4.20. The molecule has 0 aliphatic rings.